The van der Waals surface area contributed by atoms with E-state index in [1.807, 2.05) is 0 Å². The Morgan fingerprint density at radius 1 is 1.03 bits per heavy atom. The summed E-state index contributed by atoms with van der Waals surface area (Å²) >= 11 is 0.725. The first-order valence-corrected chi connectivity index (χ1v) is 11.2. The Morgan fingerprint density at radius 2 is 1.70 bits per heavy atom. The normalized spacial score (nSPS) is 10.9. The highest BCUT2D eigenvalue weighted by Gasteiger charge is 2.31. The molecule has 0 unspecified atom stereocenters. The molecule has 0 amide bonds. The number of H-pyrrole nitrogens is 1. The van der Waals surface area contributed by atoms with Crippen LogP contribution in [0.15, 0.2) is 34.7 Å². The van der Waals surface area contributed by atoms with Gasteiger partial charge in [0.25, 0.3) is 11.4 Å². The molecule has 0 aliphatic heterocycles. The number of aromatic amines is 1. The lowest BCUT2D eigenvalue weighted by molar-refractivity contribution is -0.399. The van der Waals surface area contributed by atoms with E-state index in [-0.39, 0.29) is 22.1 Å². The van der Waals surface area contributed by atoms with E-state index >= 15 is 0 Å². The topological polar surface area (TPSA) is 167 Å². The van der Waals surface area contributed by atoms with Gasteiger partial charge in [0.1, 0.15) is 16.9 Å². The maximum atomic E-state index is 12.4. The van der Waals surface area contributed by atoms with Crippen LogP contribution < -0.4 is 0 Å². The average molecular weight is 474 g/mol. The van der Waals surface area contributed by atoms with Crippen molar-refractivity contribution in [2.75, 3.05) is 6.61 Å². The summed E-state index contributed by atoms with van der Waals surface area (Å²) in [4.78, 5) is 48.9. The SMILES string of the molecule is CCCCCCCCOC(=O)c1cc([N+](=O)[O-])c(Sc2ncnc3nc[nH]c23)c([N+](=O)[O-])c1. The highest BCUT2D eigenvalue weighted by atomic mass is 32.2. The lowest BCUT2D eigenvalue weighted by Crippen LogP contribution is -2.09. The van der Waals surface area contributed by atoms with Crippen LogP contribution >= 0.6 is 11.8 Å². The lowest BCUT2D eigenvalue weighted by Gasteiger charge is -2.08. The van der Waals surface area contributed by atoms with Gasteiger partial charge in [-0.1, -0.05) is 50.8 Å². The first-order valence-electron chi connectivity index (χ1n) is 10.4. The van der Waals surface area contributed by atoms with Gasteiger partial charge in [-0.3, -0.25) is 20.2 Å². The third-order valence-electron chi connectivity index (χ3n) is 4.80. The second-order valence-corrected chi connectivity index (χ2v) is 8.14. The molecule has 0 aliphatic carbocycles. The van der Waals surface area contributed by atoms with Crippen molar-refractivity contribution < 1.29 is 19.4 Å². The van der Waals surface area contributed by atoms with Crippen LogP contribution in [0.5, 0.6) is 0 Å². The van der Waals surface area contributed by atoms with Crippen molar-refractivity contribution in [3.63, 3.8) is 0 Å². The van der Waals surface area contributed by atoms with Crippen LogP contribution in [-0.4, -0.2) is 42.4 Å². The van der Waals surface area contributed by atoms with Crippen molar-refractivity contribution in [1.82, 2.24) is 19.9 Å². The summed E-state index contributed by atoms with van der Waals surface area (Å²) in [5.74, 6) is -0.843. The molecule has 0 saturated carbocycles. The molecular weight excluding hydrogens is 452 g/mol. The van der Waals surface area contributed by atoms with Crippen LogP contribution in [0.3, 0.4) is 0 Å². The molecule has 0 bridgehead atoms. The fourth-order valence-electron chi connectivity index (χ4n) is 3.14. The van der Waals surface area contributed by atoms with E-state index in [0.717, 1.165) is 56.0 Å². The van der Waals surface area contributed by atoms with Crippen molar-refractivity contribution in [1.29, 1.82) is 0 Å². The highest BCUT2D eigenvalue weighted by molar-refractivity contribution is 7.99. The number of imidazole rings is 1. The number of esters is 1. The van der Waals surface area contributed by atoms with E-state index in [9.17, 15) is 25.0 Å². The lowest BCUT2D eigenvalue weighted by atomic mass is 10.1. The van der Waals surface area contributed by atoms with E-state index in [1.54, 1.807) is 0 Å². The third-order valence-corrected chi connectivity index (χ3v) is 5.92. The predicted molar refractivity (Wildman–Crippen MR) is 119 cm³/mol. The number of fused-ring (bicyclic) bond motifs is 1. The molecule has 0 spiro atoms. The summed E-state index contributed by atoms with van der Waals surface area (Å²) < 4.78 is 5.18. The van der Waals surface area contributed by atoms with Gasteiger partial charge in [-0.25, -0.2) is 19.7 Å². The summed E-state index contributed by atoms with van der Waals surface area (Å²) in [5.41, 5.74) is -0.738. The van der Waals surface area contributed by atoms with Gasteiger partial charge < -0.3 is 9.72 Å². The average Bonchev–Trinajstić information content (AvgIpc) is 3.28. The zero-order chi connectivity index (χ0) is 23.8. The Balaban J connectivity index is 1.83. The van der Waals surface area contributed by atoms with Gasteiger partial charge in [-0.15, -0.1) is 0 Å². The number of nitrogens with zero attached hydrogens (tertiary/aromatic N) is 5. The Kier molecular flexibility index (Phi) is 8.24. The van der Waals surface area contributed by atoms with Crippen molar-refractivity contribution in [2.24, 2.45) is 0 Å². The molecule has 3 rings (SSSR count). The predicted octanol–water partition coefficient (Wildman–Crippen LogP) is 4.84. The molecule has 3 aromatic rings. The minimum atomic E-state index is -0.843. The molecular formula is C20H22N6O6S. The standard InChI is InChI=1S/C20H22N6O6S/c1-2-3-4-5-6-7-8-32-20(27)13-9-14(25(28)29)17(15(10-13)26(30)31)33-19-16-18(22-11-21-16)23-12-24-19/h9-12H,2-8H2,1H3,(H,21,22,23,24). The Morgan fingerprint density at radius 3 is 2.36 bits per heavy atom. The zero-order valence-electron chi connectivity index (χ0n) is 17.9. The van der Waals surface area contributed by atoms with E-state index in [4.69, 9.17) is 4.74 Å². The quantitative estimate of drug-likeness (QED) is 0.126. The summed E-state index contributed by atoms with van der Waals surface area (Å²) in [5, 5.41) is 23.7. The van der Waals surface area contributed by atoms with Crippen molar-refractivity contribution in [3.8, 4) is 0 Å². The number of rotatable bonds is 12. The summed E-state index contributed by atoms with van der Waals surface area (Å²) in [7, 11) is 0. The molecule has 174 valence electrons. The molecule has 0 saturated heterocycles. The van der Waals surface area contributed by atoms with Gasteiger partial charge in [-0.05, 0) is 6.42 Å². The number of nitro groups is 2. The van der Waals surface area contributed by atoms with Gasteiger partial charge in [0.05, 0.1) is 28.3 Å². The maximum Gasteiger partial charge on any atom is 0.338 e. The van der Waals surface area contributed by atoms with Crippen molar-refractivity contribution >= 4 is 40.3 Å². The molecule has 2 aromatic heterocycles. The van der Waals surface area contributed by atoms with Gasteiger partial charge >= 0.3 is 5.97 Å². The van der Waals surface area contributed by atoms with Gasteiger partial charge in [0.2, 0.25) is 0 Å². The van der Waals surface area contributed by atoms with Crippen LogP contribution in [0.25, 0.3) is 11.2 Å². The minimum absolute atomic E-state index is 0.141. The number of carbonyl (C=O) groups excluding carboxylic acids is 1. The number of nitrogens with one attached hydrogen (secondary N) is 1. The zero-order valence-corrected chi connectivity index (χ0v) is 18.7. The molecule has 13 heteroatoms. The number of unbranched alkanes of at least 4 members (excludes halogenated alkanes) is 5. The van der Waals surface area contributed by atoms with Crippen LogP contribution in [0.4, 0.5) is 11.4 Å². The van der Waals surface area contributed by atoms with Gasteiger partial charge in [0, 0.05) is 12.1 Å². The Bertz CT molecular complexity index is 1130. The van der Waals surface area contributed by atoms with Crippen LogP contribution in [0, 0.1) is 20.2 Å². The van der Waals surface area contributed by atoms with E-state index < -0.39 is 27.2 Å². The first kappa shape index (κ1) is 24.0. The summed E-state index contributed by atoms with van der Waals surface area (Å²) in [6, 6.07) is 1.98. The highest BCUT2D eigenvalue weighted by Crippen LogP contribution is 2.42. The van der Waals surface area contributed by atoms with Gasteiger partial charge in [0.15, 0.2) is 10.5 Å². The number of ether oxygens (including phenoxy) is 1. The van der Waals surface area contributed by atoms with E-state index in [0.29, 0.717) is 17.6 Å². The van der Waals surface area contributed by atoms with Crippen LogP contribution in [-0.2, 0) is 4.74 Å². The molecule has 12 nitrogen and oxygen atoms in total. The smallest absolute Gasteiger partial charge is 0.338 e. The number of hydrogen-bond acceptors (Lipinski definition) is 10. The second kappa shape index (κ2) is 11.3. The fourth-order valence-corrected chi connectivity index (χ4v) is 4.16. The molecule has 0 atom stereocenters. The number of hydrogen-bond donors (Lipinski definition) is 1. The number of aromatic nitrogens is 4. The summed E-state index contributed by atoms with van der Waals surface area (Å²) in [6.07, 6.45) is 8.54. The fraction of sp³-hybridized carbons (Fsp3) is 0.400. The Hall–Kier alpha value is -3.61. The van der Waals surface area contributed by atoms with Crippen molar-refractivity contribution in [2.45, 2.75) is 55.4 Å². The molecule has 33 heavy (non-hydrogen) atoms. The Labute approximate surface area is 192 Å². The third kappa shape index (κ3) is 6.00. The molecule has 0 radical (unpaired) electrons. The van der Waals surface area contributed by atoms with Gasteiger partial charge in [-0.2, -0.15) is 0 Å². The molecule has 0 aliphatic rings. The number of benzene rings is 1. The number of nitro benzene ring substituents is 2. The maximum absolute atomic E-state index is 12.4. The molecule has 2 heterocycles. The van der Waals surface area contributed by atoms with Crippen LogP contribution in [0.2, 0.25) is 0 Å². The molecule has 1 aromatic carbocycles. The molecule has 0 fully saturated rings. The largest absolute Gasteiger partial charge is 0.462 e. The minimum Gasteiger partial charge on any atom is -0.462 e. The van der Waals surface area contributed by atoms with E-state index in [2.05, 4.69) is 26.9 Å². The summed E-state index contributed by atoms with van der Waals surface area (Å²) in [6.45, 7) is 2.26. The van der Waals surface area contributed by atoms with Crippen LogP contribution in [0.1, 0.15) is 55.8 Å². The molecule has 1 N–H and O–H groups in total. The first-order chi connectivity index (χ1) is 15.9. The van der Waals surface area contributed by atoms with E-state index in [1.165, 1.54) is 12.7 Å². The number of carbonyl (C=O) groups is 1. The van der Waals surface area contributed by atoms with Crippen molar-refractivity contribution in [3.05, 3.63) is 50.6 Å². The second-order valence-electron chi connectivity index (χ2n) is 7.14. The monoisotopic (exact) mass is 474 g/mol.